The lowest BCUT2D eigenvalue weighted by molar-refractivity contribution is -0.128. The first-order valence-corrected chi connectivity index (χ1v) is 6.44. The molecule has 0 heterocycles. The molecule has 0 spiro atoms. The van der Waals surface area contributed by atoms with Crippen molar-refractivity contribution in [1.29, 1.82) is 0 Å². The predicted molar refractivity (Wildman–Crippen MR) is 83.3 cm³/mol. The highest BCUT2D eigenvalue weighted by atomic mass is 35.5. The Morgan fingerprint density at radius 2 is 1.86 bits per heavy atom. The fraction of sp³-hybridized carbons (Fsp3) is 0.429. The quantitative estimate of drug-likeness (QED) is 0.681. The average molecular weight is 316 g/mol. The molecule has 0 bridgehead atoms. The van der Waals surface area contributed by atoms with E-state index in [1.165, 1.54) is 0 Å². The van der Waals surface area contributed by atoms with Gasteiger partial charge in [-0.2, -0.15) is 0 Å². The number of hydrogen-bond donors (Lipinski definition) is 3. The molecule has 0 saturated carbocycles. The summed E-state index contributed by atoms with van der Waals surface area (Å²) in [5.41, 5.74) is 6.33. The molecule has 1 aromatic carbocycles. The van der Waals surface area contributed by atoms with Crippen LogP contribution in [0, 0.1) is 5.92 Å². The molecular weight excluding hydrogens is 294 g/mol. The van der Waals surface area contributed by atoms with E-state index in [9.17, 15) is 9.59 Å². The molecule has 1 rings (SSSR count). The lowest BCUT2D eigenvalue weighted by atomic mass is 10.2. The summed E-state index contributed by atoms with van der Waals surface area (Å²) in [4.78, 5) is 23.0. The molecule has 0 aliphatic heterocycles. The summed E-state index contributed by atoms with van der Waals surface area (Å²) >= 11 is 0. The fourth-order valence-electron chi connectivity index (χ4n) is 1.46. The molecule has 1 atom stereocenters. The van der Waals surface area contributed by atoms with Crippen LogP contribution in [0.4, 0.5) is 0 Å². The summed E-state index contributed by atoms with van der Waals surface area (Å²) < 4.78 is 5.05. The number of carbonyl (C=O) groups is 2. The zero-order valence-electron chi connectivity index (χ0n) is 12.2. The molecule has 7 heteroatoms. The third kappa shape index (κ3) is 6.97. The van der Waals surface area contributed by atoms with Gasteiger partial charge >= 0.3 is 0 Å². The first-order chi connectivity index (χ1) is 9.56. The number of methoxy groups -OCH3 is 1. The Morgan fingerprint density at radius 1 is 1.24 bits per heavy atom. The molecule has 2 amide bonds. The minimum atomic E-state index is -0.288. The largest absolute Gasteiger partial charge is 0.497 e. The number of carbonyl (C=O) groups excluding carboxylic acids is 2. The zero-order chi connectivity index (χ0) is 15.0. The van der Waals surface area contributed by atoms with Crippen molar-refractivity contribution < 1.29 is 14.3 Å². The van der Waals surface area contributed by atoms with E-state index in [0.717, 1.165) is 11.3 Å². The van der Waals surface area contributed by atoms with E-state index in [1.54, 1.807) is 14.0 Å². The lowest BCUT2D eigenvalue weighted by Crippen LogP contribution is -2.40. The van der Waals surface area contributed by atoms with Crippen LogP contribution in [0.3, 0.4) is 0 Å². The number of hydrogen-bond acceptors (Lipinski definition) is 4. The number of nitrogens with two attached hydrogens (primary N) is 1. The van der Waals surface area contributed by atoms with Crippen LogP contribution in [0.15, 0.2) is 24.3 Å². The predicted octanol–water partition coefficient (Wildman–Crippen LogP) is 0.444. The molecule has 1 aromatic rings. The maximum absolute atomic E-state index is 11.6. The Bertz CT molecular complexity index is 451. The number of nitrogens with one attached hydrogen (secondary N) is 2. The number of rotatable bonds is 7. The molecule has 0 saturated heterocycles. The van der Waals surface area contributed by atoms with E-state index in [4.69, 9.17) is 10.5 Å². The molecule has 0 fully saturated rings. The van der Waals surface area contributed by atoms with Gasteiger partial charge in [0, 0.05) is 19.0 Å². The Balaban J connectivity index is 0.00000400. The molecule has 4 N–H and O–H groups in total. The van der Waals surface area contributed by atoms with Crippen molar-refractivity contribution in [1.82, 2.24) is 10.6 Å². The molecule has 6 nitrogen and oxygen atoms in total. The van der Waals surface area contributed by atoms with Crippen LogP contribution in [0.5, 0.6) is 5.75 Å². The van der Waals surface area contributed by atoms with Crippen LogP contribution >= 0.6 is 12.4 Å². The second kappa shape index (κ2) is 10.0. The Hall–Kier alpha value is -1.79. The number of halogens is 1. The van der Waals surface area contributed by atoms with E-state index in [1.807, 2.05) is 24.3 Å². The van der Waals surface area contributed by atoms with Crippen LogP contribution < -0.4 is 21.1 Å². The van der Waals surface area contributed by atoms with Crippen molar-refractivity contribution in [2.24, 2.45) is 11.7 Å². The second-order valence-corrected chi connectivity index (χ2v) is 4.48. The van der Waals surface area contributed by atoms with E-state index in [0.29, 0.717) is 6.54 Å². The van der Waals surface area contributed by atoms with Gasteiger partial charge < -0.3 is 21.1 Å². The fourth-order valence-corrected chi connectivity index (χ4v) is 1.46. The van der Waals surface area contributed by atoms with Gasteiger partial charge in [-0.3, -0.25) is 9.59 Å². The summed E-state index contributed by atoms with van der Waals surface area (Å²) in [7, 11) is 1.60. The van der Waals surface area contributed by atoms with Gasteiger partial charge in [0.15, 0.2) is 0 Å². The standard InChI is InChI=1S/C14H21N3O3.ClH/c1-10(7-15)14(19)17-9-13(18)16-8-11-3-5-12(20-2)6-4-11;/h3-6,10H,7-9,15H2,1-2H3,(H,16,18)(H,17,19);1H. The number of amides is 2. The summed E-state index contributed by atoms with van der Waals surface area (Å²) in [5.74, 6) is 0.0259. The van der Waals surface area contributed by atoms with Gasteiger partial charge in [0.2, 0.25) is 11.8 Å². The number of ether oxygens (including phenoxy) is 1. The van der Waals surface area contributed by atoms with Gasteiger partial charge in [0.1, 0.15) is 5.75 Å². The van der Waals surface area contributed by atoms with Crippen molar-refractivity contribution in [2.45, 2.75) is 13.5 Å². The molecule has 0 aromatic heterocycles. The van der Waals surface area contributed by atoms with E-state index in [2.05, 4.69) is 10.6 Å². The SMILES string of the molecule is COc1ccc(CNC(=O)CNC(=O)C(C)CN)cc1.Cl. The van der Waals surface area contributed by atoms with Gasteiger partial charge in [-0.05, 0) is 17.7 Å². The molecule has 0 radical (unpaired) electrons. The Morgan fingerprint density at radius 3 is 2.38 bits per heavy atom. The average Bonchev–Trinajstić information content (AvgIpc) is 2.50. The normalized spacial score (nSPS) is 11.0. The van der Waals surface area contributed by atoms with Gasteiger partial charge in [-0.25, -0.2) is 0 Å². The second-order valence-electron chi connectivity index (χ2n) is 4.48. The number of benzene rings is 1. The third-order valence-corrected chi connectivity index (χ3v) is 2.87. The summed E-state index contributed by atoms with van der Waals surface area (Å²) in [6.07, 6.45) is 0. The third-order valence-electron chi connectivity index (χ3n) is 2.87. The lowest BCUT2D eigenvalue weighted by Gasteiger charge is -2.10. The minimum absolute atomic E-state index is 0. The highest BCUT2D eigenvalue weighted by Gasteiger charge is 2.11. The van der Waals surface area contributed by atoms with Crippen LogP contribution in [0.1, 0.15) is 12.5 Å². The zero-order valence-corrected chi connectivity index (χ0v) is 13.0. The topological polar surface area (TPSA) is 93.5 Å². The van der Waals surface area contributed by atoms with Crippen molar-refractivity contribution in [2.75, 3.05) is 20.2 Å². The first kappa shape index (κ1) is 19.2. The van der Waals surface area contributed by atoms with E-state index < -0.39 is 0 Å². The first-order valence-electron chi connectivity index (χ1n) is 6.44. The summed E-state index contributed by atoms with van der Waals surface area (Å²) in [5, 5.41) is 5.26. The Kier molecular flexibility index (Phi) is 9.16. The smallest absolute Gasteiger partial charge is 0.239 e. The van der Waals surface area contributed by atoms with Crippen molar-refractivity contribution in [3.05, 3.63) is 29.8 Å². The van der Waals surface area contributed by atoms with Crippen LogP contribution in [-0.4, -0.2) is 32.0 Å². The van der Waals surface area contributed by atoms with E-state index in [-0.39, 0.29) is 43.2 Å². The van der Waals surface area contributed by atoms with Crippen LogP contribution in [0.25, 0.3) is 0 Å². The summed E-state index contributed by atoms with van der Waals surface area (Å²) in [6.45, 7) is 2.34. The van der Waals surface area contributed by atoms with Crippen molar-refractivity contribution >= 4 is 24.2 Å². The van der Waals surface area contributed by atoms with Gasteiger partial charge in [0.25, 0.3) is 0 Å². The highest BCUT2D eigenvalue weighted by Crippen LogP contribution is 2.10. The molecule has 21 heavy (non-hydrogen) atoms. The maximum atomic E-state index is 11.6. The molecular formula is C14H22ClN3O3. The summed E-state index contributed by atoms with van der Waals surface area (Å²) in [6, 6.07) is 7.39. The van der Waals surface area contributed by atoms with Crippen LogP contribution in [0.2, 0.25) is 0 Å². The Labute approximate surface area is 130 Å². The van der Waals surface area contributed by atoms with Gasteiger partial charge in [-0.15, -0.1) is 12.4 Å². The molecule has 0 aliphatic rings. The monoisotopic (exact) mass is 315 g/mol. The molecule has 0 aliphatic carbocycles. The van der Waals surface area contributed by atoms with E-state index >= 15 is 0 Å². The van der Waals surface area contributed by atoms with Gasteiger partial charge in [0.05, 0.1) is 13.7 Å². The molecule has 1 unspecified atom stereocenters. The van der Waals surface area contributed by atoms with Crippen molar-refractivity contribution in [3.8, 4) is 5.75 Å². The molecule has 118 valence electrons. The van der Waals surface area contributed by atoms with Crippen molar-refractivity contribution in [3.63, 3.8) is 0 Å². The van der Waals surface area contributed by atoms with Crippen LogP contribution in [-0.2, 0) is 16.1 Å². The maximum Gasteiger partial charge on any atom is 0.239 e. The minimum Gasteiger partial charge on any atom is -0.497 e. The highest BCUT2D eigenvalue weighted by molar-refractivity contribution is 5.86. The van der Waals surface area contributed by atoms with Gasteiger partial charge in [-0.1, -0.05) is 19.1 Å².